The van der Waals surface area contributed by atoms with Crippen molar-refractivity contribution in [2.24, 2.45) is 0 Å². The van der Waals surface area contributed by atoms with Crippen LogP contribution in [0.3, 0.4) is 0 Å². The van der Waals surface area contributed by atoms with E-state index in [-0.39, 0.29) is 0 Å². The summed E-state index contributed by atoms with van der Waals surface area (Å²) in [6.07, 6.45) is 0. The summed E-state index contributed by atoms with van der Waals surface area (Å²) >= 11 is 0. The van der Waals surface area contributed by atoms with Gasteiger partial charge in [-0.25, -0.2) is 0 Å². The number of hydrogen-bond acceptors (Lipinski definition) is 3. The lowest BCUT2D eigenvalue weighted by molar-refractivity contribution is 0.215. The lowest BCUT2D eigenvalue weighted by Gasteiger charge is -2.13. The minimum Gasteiger partial charge on any atom is -0.490 e. The molecule has 0 fully saturated rings. The van der Waals surface area contributed by atoms with Gasteiger partial charge < -0.3 is 15.2 Å². The van der Waals surface area contributed by atoms with Crippen LogP contribution in [0.2, 0.25) is 0 Å². The van der Waals surface area contributed by atoms with E-state index < -0.39 is 0 Å². The Labute approximate surface area is 120 Å². The molecular formula is C17H21NO2. The Morgan fingerprint density at radius 1 is 0.850 bits per heavy atom. The van der Waals surface area contributed by atoms with Crippen LogP contribution in [0.4, 0.5) is 5.69 Å². The number of nitrogen functional groups attached to an aromatic ring is 1. The van der Waals surface area contributed by atoms with Crippen molar-refractivity contribution in [3.05, 3.63) is 53.1 Å². The standard InChI is InChI=1S/C17H21NO2/c1-12-5-4-6-16(14(12)3)19-9-10-20-17-11-15(18)8-7-13(17)2/h4-8,11H,9-10,18H2,1-3H3. The van der Waals surface area contributed by atoms with E-state index in [0.29, 0.717) is 18.9 Å². The second kappa shape index (κ2) is 6.33. The lowest BCUT2D eigenvalue weighted by Crippen LogP contribution is -2.10. The highest BCUT2D eigenvalue weighted by Crippen LogP contribution is 2.22. The summed E-state index contributed by atoms with van der Waals surface area (Å²) in [6, 6.07) is 11.7. The molecular weight excluding hydrogens is 250 g/mol. The molecule has 0 bridgehead atoms. The third-order valence-corrected chi connectivity index (χ3v) is 3.37. The van der Waals surface area contributed by atoms with Gasteiger partial charge in [-0.05, 0) is 49.6 Å². The molecule has 2 aromatic carbocycles. The Balaban J connectivity index is 1.88. The lowest BCUT2D eigenvalue weighted by atomic mass is 10.1. The van der Waals surface area contributed by atoms with Crippen LogP contribution in [0.15, 0.2) is 36.4 Å². The van der Waals surface area contributed by atoms with E-state index in [4.69, 9.17) is 15.2 Å². The zero-order chi connectivity index (χ0) is 14.5. The number of ether oxygens (including phenoxy) is 2. The molecule has 2 aromatic rings. The smallest absolute Gasteiger partial charge is 0.124 e. The van der Waals surface area contributed by atoms with Gasteiger partial charge in [0.2, 0.25) is 0 Å². The summed E-state index contributed by atoms with van der Waals surface area (Å²) in [5.41, 5.74) is 9.94. The van der Waals surface area contributed by atoms with Crippen LogP contribution >= 0.6 is 0 Å². The molecule has 0 atom stereocenters. The van der Waals surface area contributed by atoms with Crippen LogP contribution in [0.25, 0.3) is 0 Å². The highest BCUT2D eigenvalue weighted by Gasteiger charge is 2.03. The quantitative estimate of drug-likeness (QED) is 0.667. The van der Waals surface area contributed by atoms with Crippen LogP contribution in [-0.4, -0.2) is 13.2 Å². The average Bonchev–Trinajstić information content (AvgIpc) is 2.43. The van der Waals surface area contributed by atoms with Gasteiger partial charge in [-0.3, -0.25) is 0 Å². The van der Waals surface area contributed by atoms with E-state index in [1.165, 1.54) is 11.1 Å². The van der Waals surface area contributed by atoms with E-state index in [9.17, 15) is 0 Å². The van der Waals surface area contributed by atoms with Gasteiger partial charge in [-0.15, -0.1) is 0 Å². The van der Waals surface area contributed by atoms with Gasteiger partial charge in [0, 0.05) is 11.8 Å². The van der Waals surface area contributed by atoms with Gasteiger partial charge in [0.25, 0.3) is 0 Å². The number of anilines is 1. The van der Waals surface area contributed by atoms with Crippen LogP contribution in [-0.2, 0) is 0 Å². The van der Waals surface area contributed by atoms with E-state index in [1.807, 2.05) is 37.3 Å². The maximum atomic E-state index is 5.75. The summed E-state index contributed by atoms with van der Waals surface area (Å²) in [7, 11) is 0. The molecule has 0 aliphatic carbocycles. The van der Waals surface area contributed by atoms with Crippen LogP contribution in [0.5, 0.6) is 11.5 Å². The van der Waals surface area contributed by atoms with Crippen molar-refractivity contribution in [1.29, 1.82) is 0 Å². The molecule has 0 amide bonds. The van der Waals surface area contributed by atoms with Crippen molar-refractivity contribution in [1.82, 2.24) is 0 Å². The first-order valence-electron chi connectivity index (χ1n) is 6.76. The molecule has 0 radical (unpaired) electrons. The van der Waals surface area contributed by atoms with Gasteiger partial charge in [0.1, 0.15) is 24.7 Å². The molecule has 2 rings (SSSR count). The van der Waals surface area contributed by atoms with Crippen molar-refractivity contribution >= 4 is 5.69 Å². The van der Waals surface area contributed by atoms with Crippen molar-refractivity contribution in [3.63, 3.8) is 0 Å². The molecule has 0 unspecified atom stereocenters. The monoisotopic (exact) mass is 271 g/mol. The van der Waals surface area contributed by atoms with Crippen LogP contribution in [0, 0.1) is 20.8 Å². The second-order valence-electron chi connectivity index (χ2n) is 4.92. The molecule has 0 aliphatic rings. The Morgan fingerprint density at radius 3 is 2.30 bits per heavy atom. The first-order chi connectivity index (χ1) is 9.58. The predicted molar refractivity (Wildman–Crippen MR) is 82.5 cm³/mol. The Kier molecular flexibility index (Phi) is 4.51. The highest BCUT2D eigenvalue weighted by molar-refractivity contribution is 5.47. The zero-order valence-electron chi connectivity index (χ0n) is 12.3. The Bertz CT molecular complexity index is 590. The average molecular weight is 271 g/mol. The van der Waals surface area contributed by atoms with E-state index in [1.54, 1.807) is 0 Å². The molecule has 20 heavy (non-hydrogen) atoms. The molecule has 2 N–H and O–H groups in total. The largest absolute Gasteiger partial charge is 0.490 e. The number of hydrogen-bond donors (Lipinski definition) is 1. The molecule has 3 nitrogen and oxygen atoms in total. The molecule has 0 heterocycles. The van der Waals surface area contributed by atoms with Crippen molar-refractivity contribution in [3.8, 4) is 11.5 Å². The van der Waals surface area contributed by atoms with Gasteiger partial charge in [-0.2, -0.15) is 0 Å². The first-order valence-corrected chi connectivity index (χ1v) is 6.76. The summed E-state index contributed by atoms with van der Waals surface area (Å²) in [6.45, 7) is 7.15. The Morgan fingerprint density at radius 2 is 1.55 bits per heavy atom. The van der Waals surface area contributed by atoms with Crippen LogP contribution < -0.4 is 15.2 Å². The maximum Gasteiger partial charge on any atom is 0.124 e. The number of rotatable bonds is 5. The summed E-state index contributed by atoms with van der Waals surface area (Å²) in [5, 5.41) is 0. The van der Waals surface area contributed by atoms with Crippen molar-refractivity contribution in [2.45, 2.75) is 20.8 Å². The fourth-order valence-electron chi connectivity index (χ4n) is 1.96. The Hall–Kier alpha value is -2.16. The van der Waals surface area contributed by atoms with Crippen molar-refractivity contribution < 1.29 is 9.47 Å². The van der Waals surface area contributed by atoms with Gasteiger partial charge >= 0.3 is 0 Å². The number of aryl methyl sites for hydroxylation is 2. The van der Waals surface area contributed by atoms with Gasteiger partial charge in [0.15, 0.2) is 0 Å². The van der Waals surface area contributed by atoms with Crippen LogP contribution in [0.1, 0.15) is 16.7 Å². The fraction of sp³-hybridized carbons (Fsp3) is 0.294. The fourth-order valence-corrected chi connectivity index (χ4v) is 1.96. The normalized spacial score (nSPS) is 10.3. The topological polar surface area (TPSA) is 44.5 Å². The van der Waals surface area contributed by atoms with Gasteiger partial charge in [0.05, 0.1) is 0 Å². The number of nitrogens with two attached hydrogens (primary N) is 1. The summed E-state index contributed by atoms with van der Waals surface area (Å²) < 4.78 is 11.5. The summed E-state index contributed by atoms with van der Waals surface area (Å²) in [5.74, 6) is 1.73. The van der Waals surface area contributed by atoms with E-state index in [0.717, 1.165) is 17.1 Å². The van der Waals surface area contributed by atoms with Gasteiger partial charge in [-0.1, -0.05) is 18.2 Å². The minimum absolute atomic E-state index is 0.498. The number of benzene rings is 2. The molecule has 0 aromatic heterocycles. The molecule has 0 saturated heterocycles. The van der Waals surface area contributed by atoms with E-state index >= 15 is 0 Å². The van der Waals surface area contributed by atoms with Crippen molar-refractivity contribution in [2.75, 3.05) is 18.9 Å². The molecule has 106 valence electrons. The third kappa shape index (κ3) is 3.44. The van der Waals surface area contributed by atoms with E-state index in [2.05, 4.69) is 19.9 Å². The predicted octanol–water partition coefficient (Wildman–Crippen LogP) is 3.65. The molecule has 0 aliphatic heterocycles. The molecule has 0 spiro atoms. The highest BCUT2D eigenvalue weighted by atomic mass is 16.5. The first kappa shape index (κ1) is 14.3. The maximum absolute atomic E-state index is 5.75. The minimum atomic E-state index is 0.498. The SMILES string of the molecule is Cc1ccc(N)cc1OCCOc1cccc(C)c1C. The summed E-state index contributed by atoms with van der Waals surface area (Å²) in [4.78, 5) is 0. The second-order valence-corrected chi connectivity index (χ2v) is 4.92. The zero-order valence-corrected chi connectivity index (χ0v) is 12.3. The third-order valence-electron chi connectivity index (χ3n) is 3.37. The molecule has 3 heteroatoms. The molecule has 0 saturated carbocycles.